The molecule has 0 spiro atoms. The molecule has 0 saturated carbocycles. The molecule has 1 atom stereocenters. The van der Waals surface area contributed by atoms with Gasteiger partial charge in [-0.15, -0.1) is 11.3 Å². The van der Waals surface area contributed by atoms with Crippen LogP contribution in [0.15, 0.2) is 11.7 Å². The third-order valence-electron chi connectivity index (χ3n) is 1.84. The van der Waals surface area contributed by atoms with E-state index in [1.165, 1.54) is 11.3 Å². The number of Topliss-reactive ketones (excluding diaryl/α,β-unsaturated/α-hetero) is 1. The standard InChI is InChI=1S/C9H13NOS/c1-3-4-7(2)9(11)8-5-10-6-12-8/h5-7H,3-4H2,1-2H3. The third-order valence-corrected chi connectivity index (χ3v) is 2.63. The third kappa shape index (κ3) is 2.14. The molecule has 1 aromatic rings. The van der Waals surface area contributed by atoms with Gasteiger partial charge in [-0.3, -0.25) is 9.78 Å². The van der Waals surface area contributed by atoms with Crippen LogP contribution in [0.25, 0.3) is 0 Å². The Labute approximate surface area is 76.6 Å². The van der Waals surface area contributed by atoms with E-state index in [4.69, 9.17) is 0 Å². The smallest absolute Gasteiger partial charge is 0.177 e. The lowest BCUT2D eigenvalue weighted by Gasteiger charge is -2.05. The van der Waals surface area contributed by atoms with Crippen molar-refractivity contribution in [2.45, 2.75) is 26.7 Å². The average molecular weight is 183 g/mol. The van der Waals surface area contributed by atoms with Crippen molar-refractivity contribution in [2.75, 3.05) is 0 Å². The van der Waals surface area contributed by atoms with Crippen LogP contribution in [-0.4, -0.2) is 10.8 Å². The molecule has 1 unspecified atom stereocenters. The molecule has 1 aromatic heterocycles. The zero-order valence-corrected chi connectivity index (χ0v) is 8.23. The molecule has 1 rings (SSSR count). The molecule has 0 aliphatic heterocycles. The molecule has 0 aliphatic carbocycles. The Balaban J connectivity index is 2.59. The summed E-state index contributed by atoms with van der Waals surface area (Å²) in [4.78, 5) is 16.2. The molecular formula is C9H13NOS. The van der Waals surface area contributed by atoms with Crippen LogP contribution < -0.4 is 0 Å². The van der Waals surface area contributed by atoms with Crippen molar-refractivity contribution in [1.29, 1.82) is 0 Å². The highest BCUT2D eigenvalue weighted by Crippen LogP contribution is 2.16. The van der Waals surface area contributed by atoms with Crippen molar-refractivity contribution < 1.29 is 4.79 Å². The summed E-state index contributed by atoms with van der Waals surface area (Å²) >= 11 is 1.42. The highest BCUT2D eigenvalue weighted by atomic mass is 32.1. The normalized spacial score (nSPS) is 12.8. The first-order chi connectivity index (χ1) is 5.75. The van der Waals surface area contributed by atoms with Crippen LogP contribution in [0.1, 0.15) is 36.4 Å². The minimum absolute atomic E-state index is 0.149. The zero-order chi connectivity index (χ0) is 8.97. The molecule has 3 heteroatoms. The van der Waals surface area contributed by atoms with E-state index in [0.717, 1.165) is 17.7 Å². The largest absolute Gasteiger partial charge is 0.293 e. The van der Waals surface area contributed by atoms with Crippen molar-refractivity contribution in [3.63, 3.8) is 0 Å². The molecule has 0 aliphatic rings. The summed E-state index contributed by atoms with van der Waals surface area (Å²) in [6, 6.07) is 0. The fourth-order valence-corrected chi connectivity index (χ4v) is 1.82. The first-order valence-corrected chi connectivity index (χ1v) is 5.06. The molecule has 0 bridgehead atoms. The molecule has 1 heterocycles. The number of carbonyl (C=O) groups is 1. The average Bonchev–Trinajstić information content (AvgIpc) is 2.55. The summed E-state index contributed by atoms with van der Waals surface area (Å²) in [5.74, 6) is 0.384. The van der Waals surface area contributed by atoms with Gasteiger partial charge in [-0.2, -0.15) is 0 Å². The van der Waals surface area contributed by atoms with Crippen LogP contribution in [0, 0.1) is 5.92 Å². The summed E-state index contributed by atoms with van der Waals surface area (Å²) in [6.07, 6.45) is 3.68. The Bertz CT molecular complexity index is 243. The van der Waals surface area contributed by atoms with Crippen LogP contribution in [0.4, 0.5) is 0 Å². The SMILES string of the molecule is CCCC(C)C(=O)c1cncs1. The lowest BCUT2D eigenvalue weighted by atomic mass is 10.0. The van der Waals surface area contributed by atoms with Crippen molar-refractivity contribution >= 4 is 17.1 Å². The van der Waals surface area contributed by atoms with Gasteiger partial charge >= 0.3 is 0 Å². The van der Waals surface area contributed by atoms with Gasteiger partial charge in [-0.1, -0.05) is 20.3 Å². The van der Waals surface area contributed by atoms with Crippen molar-refractivity contribution in [2.24, 2.45) is 5.92 Å². The lowest BCUT2D eigenvalue weighted by molar-refractivity contribution is 0.0927. The first kappa shape index (κ1) is 9.39. The molecule has 0 amide bonds. The predicted molar refractivity (Wildman–Crippen MR) is 50.5 cm³/mol. The summed E-state index contributed by atoms with van der Waals surface area (Å²) in [5, 5.41) is 0. The Morgan fingerprint density at radius 3 is 3.00 bits per heavy atom. The fourth-order valence-electron chi connectivity index (χ4n) is 1.14. The Kier molecular flexibility index (Phi) is 3.41. The summed E-state index contributed by atoms with van der Waals surface area (Å²) < 4.78 is 0. The number of thiazole rings is 1. The van der Waals surface area contributed by atoms with E-state index < -0.39 is 0 Å². The second kappa shape index (κ2) is 4.36. The van der Waals surface area contributed by atoms with Crippen molar-refractivity contribution in [3.05, 3.63) is 16.6 Å². The Hall–Kier alpha value is -0.700. The second-order valence-corrected chi connectivity index (χ2v) is 3.81. The van der Waals surface area contributed by atoms with Crippen molar-refractivity contribution in [1.82, 2.24) is 4.98 Å². The first-order valence-electron chi connectivity index (χ1n) is 4.18. The van der Waals surface area contributed by atoms with Gasteiger partial charge in [-0.25, -0.2) is 0 Å². The van der Waals surface area contributed by atoms with Gasteiger partial charge in [0.05, 0.1) is 10.4 Å². The molecule has 0 aromatic carbocycles. The van der Waals surface area contributed by atoms with E-state index in [-0.39, 0.29) is 11.7 Å². The fraction of sp³-hybridized carbons (Fsp3) is 0.556. The minimum Gasteiger partial charge on any atom is -0.293 e. The van der Waals surface area contributed by atoms with E-state index in [2.05, 4.69) is 11.9 Å². The van der Waals surface area contributed by atoms with Crippen LogP contribution in [0.3, 0.4) is 0 Å². The topological polar surface area (TPSA) is 30.0 Å². The van der Waals surface area contributed by atoms with Gasteiger partial charge in [0.25, 0.3) is 0 Å². The molecule has 66 valence electrons. The molecule has 0 saturated heterocycles. The Morgan fingerprint density at radius 1 is 1.75 bits per heavy atom. The van der Waals surface area contributed by atoms with Gasteiger partial charge in [0.1, 0.15) is 0 Å². The number of aromatic nitrogens is 1. The summed E-state index contributed by atoms with van der Waals surface area (Å²) in [6.45, 7) is 4.07. The van der Waals surface area contributed by atoms with E-state index >= 15 is 0 Å². The van der Waals surface area contributed by atoms with E-state index in [1.54, 1.807) is 11.7 Å². The maximum absolute atomic E-state index is 11.6. The molecule has 0 N–H and O–H groups in total. The molecule has 0 radical (unpaired) electrons. The van der Waals surface area contributed by atoms with Crippen LogP contribution in [-0.2, 0) is 0 Å². The van der Waals surface area contributed by atoms with Gasteiger partial charge in [0.2, 0.25) is 0 Å². The van der Waals surface area contributed by atoms with E-state index in [0.29, 0.717) is 0 Å². The maximum atomic E-state index is 11.6. The monoisotopic (exact) mass is 183 g/mol. The molecule has 2 nitrogen and oxygen atoms in total. The summed E-state index contributed by atoms with van der Waals surface area (Å²) in [5.41, 5.74) is 1.70. The number of carbonyl (C=O) groups excluding carboxylic acids is 1. The number of ketones is 1. The zero-order valence-electron chi connectivity index (χ0n) is 7.41. The maximum Gasteiger partial charge on any atom is 0.177 e. The Morgan fingerprint density at radius 2 is 2.50 bits per heavy atom. The predicted octanol–water partition coefficient (Wildman–Crippen LogP) is 2.76. The molecule has 12 heavy (non-hydrogen) atoms. The van der Waals surface area contributed by atoms with Crippen LogP contribution in [0.2, 0.25) is 0 Å². The number of hydrogen-bond acceptors (Lipinski definition) is 3. The van der Waals surface area contributed by atoms with Gasteiger partial charge in [0.15, 0.2) is 5.78 Å². The van der Waals surface area contributed by atoms with Crippen LogP contribution >= 0.6 is 11.3 Å². The number of hydrogen-bond donors (Lipinski definition) is 0. The lowest BCUT2D eigenvalue weighted by Crippen LogP contribution is -2.09. The quantitative estimate of drug-likeness (QED) is 0.672. The van der Waals surface area contributed by atoms with Gasteiger partial charge in [-0.05, 0) is 6.42 Å². The molecular weight excluding hydrogens is 170 g/mol. The highest BCUT2D eigenvalue weighted by Gasteiger charge is 2.14. The second-order valence-electron chi connectivity index (χ2n) is 2.92. The van der Waals surface area contributed by atoms with Gasteiger partial charge in [0, 0.05) is 12.1 Å². The number of nitrogens with zero attached hydrogens (tertiary/aromatic N) is 1. The van der Waals surface area contributed by atoms with Crippen molar-refractivity contribution in [3.8, 4) is 0 Å². The summed E-state index contributed by atoms with van der Waals surface area (Å²) in [7, 11) is 0. The molecule has 0 fully saturated rings. The highest BCUT2D eigenvalue weighted by molar-refractivity contribution is 7.11. The minimum atomic E-state index is 0.149. The van der Waals surface area contributed by atoms with Gasteiger partial charge < -0.3 is 0 Å². The van der Waals surface area contributed by atoms with E-state index in [1.807, 2.05) is 6.92 Å². The van der Waals surface area contributed by atoms with Crippen LogP contribution in [0.5, 0.6) is 0 Å². The number of rotatable bonds is 4. The van der Waals surface area contributed by atoms with E-state index in [9.17, 15) is 4.79 Å².